The van der Waals surface area contributed by atoms with Gasteiger partial charge in [0.2, 0.25) is 0 Å². The number of nitrogens with one attached hydrogen (secondary N) is 2. The number of hydrogen-bond acceptors (Lipinski definition) is 4. The predicted molar refractivity (Wildman–Crippen MR) is 118 cm³/mol. The number of ether oxygens (including phenoxy) is 2. The summed E-state index contributed by atoms with van der Waals surface area (Å²) in [5, 5.41) is 6.85. The molecule has 1 aliphatic heterocycles. The van der Waals surface area contributed by atoms with Gasteiger partial charge in [0.1, 0.15) is 0 Å². The standard InChI is InChI=1S/C22H34FN3O2S/c1-4-29-22(9-11-27-12-10-22)15-25-21(24-3)26-16(2)18-7-8-20(19(23)13-18)28-14-17-5-6-17/h7-8,13,16-17H,4-6,9-12,14-15H2,1-3H3,(H2,24,25,26). The minimum Gasteiger partial charge on any atom is -0.490 e. The molecule has 1 atom stereocenters. The molecular weight excluding hydrogens is 389 g/mol. The Kier molecular flexibility index (Phi) is 8.07. The Morgan fingerprint density at radius 2 is 2.14 bits per heavy atom. The zero-order valence-corrected chi connectivity index (χ0v) is 18.6. The molecule has 1 heterocycles. The highest BCUT2D eigenvalue weighted by atomic mass is 32.2. The average molecular weight is 424 g/mol. The number of guanidine groups is 1. The Hall–Kier alpha value is -1.47. The van der Waals surface area contributed by atoms with E-state index in [1.54, 1.807) is 19.2 Å². The molecule has 0 radical (unpaired) electrons. The molecule has 7 heteroatoms. The first kappa shape index (κ1) is 22.2. The molecule has 0 amide bonds. The molecule has 1 aromatic rings. The third kappa shape index (κ3) is 6.51. The van der Waals surface area contributed by atoms with Crippen LogP contribution in [-0.2, 0) is 4.74 Å². The average Bonchev–Trinajstić information content (AvgIpc) is 3.55. The molecule has 1 saturated heterocycles. The van der Waals surface area contributed by atoms with Crippen molar-refractivity contribution in [3.63, 3.8) is 0 Å². The molecule has 1 aliphatic carbocycles. The van der Waals surface area contributed by atoms with Gasteiger partial charge in [-0.25, -0.2) is 4.39 Å². The fourth-order valence-corrected chi connectivity index (χ4v) is 4.79. The summed E-state index contributed by atoms with van der Waals surface area (Å²) in [6.07, 6.45) is 4.47. The van der Waals surface area contributed by atoms with E-state index in [4.69, 9.17) is 9.47 Å². The Balaban J connectivity index is 1.54. The fraction of sp³-hybridized carbons (Fsp3) is 0.682. The van der Waals surface area contributed by atoms with Gasteiger partial charge < -0.3 is 20.1 Å². The van der Waals surface area contributed by atoms with Crippen molar-refractivity contribution in [2.45, 2.75) is 50.3 Å². The topological polar surface area (TPSA) is 54.9 Å². The van der Waals surface area contributed by atoms with E-state index in [0.29, 0.717) is 18.3 Å². The van der Waals surface area contributed by atoms with Crippen molar-refractivity contribution in [2.75, 3.05) is 39.2 Å². The Bertz CT molecular complexity index is 685. The summed E-state index contributed by atoms with van der Waals surface area (Å²) in [6.45, 7) is 7.28. The zero-order chi connectivity index (χ0) is 20.7. The van der Waals surface area contributed by atoms with Gasteiger partial charge in [-0.3, -0.25) is 4.99 Å². The van der Waals surface area contributed by atoms with Gasteiger partial charge >= 0.3 is 0 Å². The van der Waals surface area contributed by atoms with Crippen LogP contribution in [0.1, 0.15) is 51.1 Å². The smallest absolute Gasteiger partial charge is 0.191 e. The van der Waals surface area contributed by atoms with Crippen molar-refractivity contribution in [1.82, 2.24) is 10.6 Å². The number of aliphatic imine (C=N–C) groups is 1. The number of nitrogens with zero attached hydrogens (tertiary/aromatic N) is 1. The van der Waals surface area contributed by atoms with Crippen LogP contribution < -0.4 is 15.4 Å². The van der Waals surface area contributed by atoms with Crippen molar-refractivity contribution >= 4 is 17.7 Å². The second-order valence-corrected chi connectivity index (χ2v) is 9.70. The van der Waals surface area contributed by atoms with Crippen LogP contribution in [0.4, 0.5) is 4.39 Å². The molecule has 29 heavy (non-hydrogen) atoms. The van der Waals surface area contributed by atoms with Crippen LogP contribution in [0, 0.1) is 11.7 Å². The van der Waals surface area contributed by atoms with Crippen molar-refractivity contribution in [3.05, 3.63) is 29.6 Å². The molecule has 2 N–H and O–H groups in total. The van der Waals surface area contributed by atoms with E-state index in [1.165, 1.54) is 12.8 Å². The highest BCUT2D eigenvalue weighted by Crippen LogP contribution is 2.35. The van der Waals surface area contributed by atoms with Gasteiger partial charge in [-0.1, -0.05) is 13.0 Å². The number of rotatable bonds is 9. The van der Waals surface area contributed by atoms with E-state index in [2.05, 4.69) is 22.5 Å². The van der Waals surface area contributed by atoms with Crippen LogP contribution in [0.5, 0.6) is 5.75 Å². The summed E-state index contributed by atoms with van der Waals surface area (Å²) in [5.41, 5.74) is 0.868. The number of thioether (sulfide) groups is 1. The Labute approximate surface area is 178 Å². The van der Waals surface area contributed by atoms with Crippen LogP contribution in [0.3, 0.4) is 0 Å². The lowest BCUT2D eigenvalue weighted by atomic mass is 9.99. The summed E-state index contributed by atoms with van der Waals surface area (Å²) >= 11 is 1.99. The first-order chi connectivity index (χ1) is 14.0. The predicted octanol–water partition coefficient (Wildman–Crippen LogP) is 4.14. The first-order valence-electron chi connectivity index (χ1n) is 10.7. The van der Waals surface area contributed by atoms with Crippen LogP contribution in [0.15, 0.2) is 23.2 Å². The van der Waals surface area contributed by atoms with Gasteiger partial charge in [0.25, 0.3) is 0 Å². The minimum atomic E-state index is -0.305. The van der Waals surface area contributed by atoms with Gasteiger partial charge in [0, 0.05) is 31.6 Å². The molecule has 3 rings (SSSR count). The van der Waals surface area contributed by atoms with E-state index in [0.717, 1.165) is 49.9 Å². The van der Waals surface area contributed by atoms with E-state index < -0.39 is 0 Å². The van der Waals surface area contributed by atoms with E-state index >= 15 is 0 Å². The molecule has 0 bridgehead atoms. The quantitative estimate of drug-likeness (QED) is 0.462. The van der Waals surface area contributed by atoms with E-state index in [-0.39, 0.29) is 16.6 Å². The molecule has 1 saturated carbocycles. The second-order valence-electron chi connectivity index (χ2n) is 7.96. The number of hydrogen-bond donors (Lipinski definition) is 2. The number of benzene rings is 1. The highest BCUT2D eigenvalue weighted by molar-refractivity contribution is 8.00. The summed E-state index contributed by atoms with van der Waals surface area (Å²) in [5.74, 6) is 2.45. The Morgan fingerprint density at radius 1 is 1.38 bits per heavy atom. The minimum absolute atomic E-state index is 0.0716. The maximum atomic E-state index is 14.4. The van der Waals surface area contributed by atoms with Crippen molar-refractivity contribution in [1.29, 1.82) is 0 Å². The lowest BCUT2D eigenvalue weighted by Crippen LogP contribution is -2.48. The molecular formula is C22H34FN3O2S. The fourth-order valence-electron chi connectivity index (χ4n) is 3.55. The Morgan fingerprint density at radius 3 is 2.76 bits per heavy atom. The largest absolute Gasteiger partial charge is 0.490 e. The summed E-state index contributed by atoms with van der Waals surface area (Å²) in [7, 11) is 1.76. The molecule has 1 aromatic carbocycles. The van der Waals surface area contributed by atoms with Gasteiger partial charge in [-0.2, -0.15) is 11.8 Å². The SMILES string of the molecule is CCSC1(CNC(=NC)NC(C)c2ccc(OCC3CC3)c(F)c2)CCOCC1. The van der Waals surface area contributed by atoms with Crippen molar-refractivity contribution < 1.29 is 13.9 Å². The molecule has 0 aromatic heterocycles. The van der Waals surface area contributed by atoms with Gasteiger partial charge in [0.05, 0.1) is 12.6 Å². The van der Waals surface area contributed by atoms with Crippen LogP contribution in [0.2, 0.25) is 0 Å². The lowest BCUT2D eigenvalue weighted by molar-refractivity contribution is 0.0782. The normalized spacial score (nSPS) is 20.2. The van der Waals surface area contributed by atoms with Crippen LogP contribution in [-0.4, -0.2) is 49.9 Å². The second kappa shape index (κ2) is 10.5. The summed E-state index contributed by atoms with van der Waals surface area (Å²) in [4.78, 5) is 4.36. The van der Waals surface area contributed by atoms with Gasteiger partial charge in [-0.05, 0) is 62.0 Å². The lowest BCUT2D eigenvalue weighted by Gasteiger charge is -2.37. The zero-order valence-electron chi connectivity index (χ0n) is 17.8. The van der Waals surface area contributed by atoms with E-state index in [1.807, 2.05) is 24.8 Å². The third-order valence-corrected chi connectivity index (χ3v) is 7.09. The maximum Gasteiger partial charge on any atom is 0.191 e. The maximum absolute atomic E-state index is 14.4. The van der Waals surface area contributed by atoms with Crippen molar-refractivity contribution in [3.8, 4) is 5.75 Å². The monoisotopic (exact) mass is 423 g/mol. The first-order valence-corrected chi connectivity index (χ1v) is 11.6. The molecule has 0 spiro atoms. The van der Waals surface area contributed by atoms with Crippen molar-refractivity contribution in [2.24, 2.45) is 10.9 Å². The number of halogens is 1. The molecule has 162 valence electrons. The van der Waals surface area contributed by atoms with E-state index in [9.17, 15) is 4.39 Å². The van der Waals surface area contributed by atoms with Crippen LogP contribution >= 0.6 is 11.8 Å². The van der Waals surface area contributed by atoms with Crippen LogP contribution in [0.25, 0.3) is 0 Å². The molecule has 5 nitrogen and oxygen atoms in total. The summed E-state index contributed by atoms with van der Waals surface area (Å²) in [6, 6.07) is 5.14. The van der Waals surface area contributed by atoms with Gasteiger partial charge in [-0.15, -0.1) is 0 Å². The molecule has 2 aliphatic rings. The summed E-state index contributed by atoms with van der Waals surface area (Å²) < 4.78 is 25.7. The highest BCUT2D eigenvalue weighted by Gasteiger charge is 2.32. The van der Waals surface area contributed by atoms with Gasteiger partial charge in [0.15, 0.2) is 17.5 Å². The molecule has 2 fully saturated rings. The third-order valence-electron chi connectivity index (χ3n) is 5.64. The molecule has 1 unspecified atom stereocenters.